The summed E-state index contributed by atoms with van der Waals surface area (Å²) in [6.45, 7) is 4.97. The predicted molar refractivity (Wildman–Crippen MR) is 125 cm³/mol. The Morgan fingerprint density at radius 2 is 1.79 bits per heavy atom. The molecule has 1 saturated heterocycles. The Hall–Kier alpha value is -3.00. The fraction of sp³-hybridized carbons (Fsp3) is 0.333. The Morgan fingerprint density at radius 1 is 1.06 bits per heavy atom. The minimum Gasteiger partial charge on any atom is -0.382 e. The van der Waals surface area contributed by atoms with Gasteiger partial charge in [-0.05, 0) is 63.1 Å². The van der Waals surface area contributed by atoms with E-state index in [1.54, 1.807) is 26.0 Å². The van der Waals surface area contributed by atoms with E-state index in [1.165, 1.54) is 16.7 Å². The first-order valence-electron chi connectivity index (χ1n) is 10.7. The molecule has 174 valence electrons. The van der Waals surface area contributed by atoms with E-state index in [1.807, 2.05) is 12.1 Å². The SMILES string of the molecule is Cc1cc(=O)n(-c2ccc(N3CCC(Nc4cccc(C(F)(F)F)c4)CC3)c(Cl)c2)c(C)n1. The van der Waals surface area contributed by atoms with Crippen molar-refractivity contribution in [3.63, 3.8) is 0 Å². The Morgan fingerprint density at radius 3 is 2.42 bits per heavy atom. The number of hydrogen-bond acceptors (Lipinski definition) is 4. The van der Waals surface area contributed by atoms with Gasteiger partial charge in [-0.15, -0.1) is 0 Å². The van der Waals surface area contributed by atoms with Gasteiger partial charge >= 0.3 is 6.18 Å². The minimum atomic E-state index is -4.36. The Kier molecular flexibility index (Phi) is 6.38. The fourth-order valence-electron chi connectivity index (χ4n) is 4.23. The van der Waals surface area contributed by atoms with Gasteiger partial charge in [-0.3, -0.25) is 9.36 Å². The van der Waals surface area contributed by atoms with Crippen LogP contribution in [0.15, 0.2) is 53.3 Å². The Bertz CT molecular complexity index is 1220. The normalized spacial score (nSPS) is 15.0. The average molecular weight is 477 g/mol. The number of benzene rings is 2. The van der Waals surface area contributed by atoms with Crippen LogP contribution in [0.1, 0.15) is 29.9 Å². The first-order valence-corrected chi connectivity index (χ1v) is 11.1. The number of nitrogens with one attached hydrogen (secondary N) is 1. The third-order valence-corrected chi connectivity index (χ3v) is 6.10. The van der Waals surface area contributed by atoms with E-state index >= 15 is 0 Å². The van der Waals surface area contributed by atoms with Crippen molar-refractivity contribution in [1.29, 1.82) is 0 Å². The molecule has 4 rings (SSSR count). The van der Waals surface area contributed by atoms with E-state index < -0.39 is 11.7 Å². The molecule has 0 amide bonds. The summed E-state index contributed by atoms with van der Waals surface area (Å²) in [5.74, 6) is 0.588. The summed E-state index contributed by atoms with van der Waals surface area (Å²) in [6, 6.07) is 12.3. The lowest BCUT2D eigenvalue weighted by Crippen LogP contribution is -2.39. The second-order valence-corrected chi connectivity index (χ2v) is 8.65. The maximum atomic E-state index is 13.0. The summed E-state index contributed by atoms with van der Waals surface area (Å²) in [4.78, 5) is 18.9. The van der Waals surface area contributed by atoms with E-state index in [0.717, 1.165) is 30.7 Å². The Labute approximate surface area is 194 Å². The van der Waals surface area contributed by atoms with Gasteiger partial charge in [0.1, 0.15) is 5.82 Å². The van der Waals surface area contributed by atoms with Gasteiger partial charge in [0.15, 0.2) is 0 Å². The molecule has 0 radical (unpaired) electrons. The maximum Gasteiger partial charge on any atom is 0.416 e. The molecule has 0 atom stereocenters. The number of alkyl halides is 3. The highest BCUT2D eigenvalue weighted by Crippen LogP contribution is 2.33. The van der Waals surface area contributed by atoms with Crippen LogP contribution in [0.4, 0.5) is 24.5 Å². The third-order valence-electron chi connectivity index (χ3n) is 5.80. The molecule has 2 aromatic carbocycles. The van der Waals surface area contributed by atoms with Crippen LogP contribution in [0.2, 0.25) is 5.02 Å². The van der Waals surface area contributed by atoms with Gasteiger partial charge in [0.05, 0.1) is 22.0 Å². The van der Waals surface area contributed by atoms with Crippen molar-refractivity contribution in [2.45, 2.75) is 38.9 Å². The number of halogens is 4. The van der Waals surface area contributed by atoms with Gasteiger partial charge in [0.2, 0.25) is 0 Å². The van der Waals surface area contributed by atoms with Gasteiger partial charge in [-0.2, -0.15) is 13.2 Å². The highest BCUT2D eigenvalue weighted by Gasteiger charge is 2.30. The summed E-state index contributed by atoms with van der Waals surface area (Å²) < 4.78 is 40.4. The number of piperidine rings is 1. The molecular weight excluding hydrogens is 453 g/mol. The van der Waals surface area contributed by atoms with E-state index in [4.69, 9.17) is 11.6 Å². The highest BCUT2D eigenvalue weighted by atomic mass is 35.5. The van der Waals surface area contributed by atoms with Gasteiger partial charge in [0.25, 0.3) is 5.56 Å². The zero-order chi connectivity index (χ0) is 23.8. The van der Waals surface area contributed by atoms with Gasteiger partial charge < -0.3 is 10.2 Å². The third kappa shape index (κ3) is 5.16. The van der Waals surface area contributed by atoms with E-state index in [2.05, 4.69) is 15.2 Å². The molecule has 2 heterocycles. The molecular formula is C24H24ClF3N4O. The fourth-order valence-corrected chi connectivity index (χ4v) is 4.53. The number of anilines is 2. The van der Waals surface area contributed by atoms with Crippen LogP contribution in [0, 0.1) is 13.8 Å². The molecule has 0 saturated carbocycles. The summed E-state index contributed by atoms with van der Waals surface area (Å²) in [5, 5.41) is 3.75. The summed E-state index contributed by atoms with van der Waals surface area (Å²) in [5.41, 5.74) is 1.83. The number of aryl methyl sites for hydroxylation is 2. The lowest BCUT2D eigenvalue weighted by atomic mass is 10.0. The highest BCUT2D eigenvalue weighted by molar-refractivity contribution is 6.33. The summed E-state index contributed by atoms with van der Waals surface area (Å²) in [6.07, 6.45) is -2.84. The molecule has 3 aromatic rings. The lowest BCUT2D eigenvalue weighted by Gasteiger charge is -2.35. The molecule has 0 bridgehead atoms. The number of nitrogens with zero attached hydrogens (tertiary/aromatic N) is 3. The molecule has 5 nitrogen and oxygen atoms in total. The summed E-state index contributed by atoms with van der Waals surface area (Å²) in [7, 11) is 0. The molecule has 1 aromatic heterocycles. The summed E-state index contributed by atoms with van der Waals surface area (Å²) >= 11 is 6.58. The minimum absolute atomic E-state index is 0.0719. The van der Waals surface area contributed by atoms with E-state index in [9.17, 15) is 18.0 Å². The second-order valence-electron chi connectivity index (χ2n) is 8.24. The van der Waals surface area contributed by atoms with Crippen molar-refractivity contribution in [2.75, 3.05) is 23.3 Å². The molecule has 1 fully saturated rings. The molecule has 1 aliphatic rings. The molecule has 0 unspecified atom stereocenters. The zero-order valence-electron chi connectivity index (χ0n) is 18.3. The molecule has 0 aliphatic carbocycles. The van der Waals surface area contributed by atoms with Crippen molar-refractivity contribution in [3.8, 4) is 5.69 Å². The first kappa shape index (κ1) is 23.2. The van der Waals surface area contributed by atoms with Crippen LogP contribution >= 0.6 is 11.6 Å². The first-order chi connectivity index (χ1) is 15.6. The molecule has 33 heavy (non-hydrogen) atoms. The van der Waals surface area contributed by atoms with Crippen LogP contribution < -0.4 is 15.8 Å². The van der Waals surface area contributed by atoms with Crippen LogP contribution in [0.25, 0.3) is 5.69 Å². The van der Waals surface area contributed by atoms with Crippen LogP contribution in [-0.2, 0) is 6.18 Å². The number of rotatable bonds is 4. The van der Waals surface area contributed by atoms with Crippen LogP contribution in [-0.4, -0.2) is 28.7 Å². The average Bonchev–Trinajstić information content (AvgIpc) is 2.73. The van der Waals surface area contributed by atoms with Gasteiger partial charge in [0, 0.05) is 36.6 Å². The standard InChI is InChI=1S/C24H24ClF3N4O/c1-15-12-23(33)32(16(2)29-15)20-6-7-22(21(25)14-20)31-10-8-18(9-11-31)30-19-5-3-4-17(13-19)24(26,27)28/h3-7,12-14,18,30H,8-11H2,1-2H3. The molecule has 0 spiro atoms. The Balaban J connectivity index is 1.44. The smallest absolute Gasteiger partial charge is 0.382 e. The molecule has 1 N–H and O–H groups in total. The topological polar surface area (TPSA) is 50.2 Å². The van der Waals surface area contributed by atoms with E-state index in [-0.39, 0.29) is 11.6 Å². The van der Waals surface area contributed by atoms with Crippen LogP contribution in [0.3, 0.4) is 0 Å². The monoisotopic (exact) mass is 476 g/mol. The van der Waals surface area contributed by atoms with Crippen molar-refractivity contribution < 1.29 is 13.2 Å². The van der Waals surface area contributed by atoms with Crippen LogP contribution in [0.5, 0.6) is 0 Å². The largest absolute Gasteiger partial charge is 0.416 e. The second kappa shape index (κ2) is 9.09. The number of hydrogen-bond donors (Lipinski definition) is 1. The number of aromatic nitrogens is 2. The van der Waals surface area contributed by atoms with Crippen molar-refractivity contribution in [2.24, 2.45) is 0 Å². The quantitative estimate of drug-likeness (QED) is 0.532. The van der Waals surface area contributed by atoms with Crippen molar-refractivity contribution in [1.82, 2.24) is 9.55 Å². The van der Waals surface area contributed by atoms with Crippen molar-refractivity contribution in [3.05, 3.63) is 81.0 Å². The van der Waals surface area contributed by atoms with E-state index in [0.29, 0.717) is 41.0 Å². The maximum absolute atomic E-state index is 13.0. The molecule has 1 aliphatic heterocycles. The lowest BCUT2D eigenvalue weighted by molar-refractivity contribution is -0.137. The van der Waals surface area contributed by atoms with Crippen molar-refractivity contribution >= 4 is 23.0 Å². The predicted octanol–water partition coefficient (Wildman–Crippen LogP) is 5.60. The molecule has 9 heteroatoms. The van der Waals surface area contributed by atoms with Gasteiger partial charge in [-0.1, -0.05) is 17.7 Å². The zero-order valence-corrected chi connectivity index (χ0v) is 19.0. The van der Waals surface area contributed by atoms with Gasteiger partial charge in [-0.25, -0.2) is 4.98 Å².